The van der Waals surface area contributed by atoms with Crippen LogP contribution in [0.1, 0.15) is 34.6 Å². The van der Waals surface area contributed by atoms with E-state index in [4.69, 9.17) is 4.74 Å². The molecule has 0 rings (SSSR count). The van der Waals surface area contributed by atoms with Gasteiger partial charge in [0.15, 0.2) is 0 Å². The maximum Gasteiger partial charge on any atom is 0.423 e. The van der Waals surface area contributed by atoms with E-state index in [0.717, 1.165) is 0 Å². The zero-order chi connectivity index (χ0) is 13.0. The Kier molecular flexibility index (Phi) is 5.21. The minimum absolute atomic E-state index is 0.0120. The summed E-state index contributed by atoms with van der Waals surface area (Å²) in [6.45, 7) is 8.50. The second-order valence-corrected chi connectivity index (χ2v) is 6.08. The van der Waals surface area contributed by atoms with Crippen molar-refractivity contribution < 1.29 is 22.1 Å². The smallest absolute Gasteiger partial charge is 0.423 e. The molecule has 1 amide bonds. The van der Waals surface area contributed by atoms with Gasteiger partial charge in [-0.3, -0.25) is 4.18 Å². The van der Waals surface area contributed by atoms with Crippen LogP contribution in [0.5, 0.6) is 0 Å². The van der Waals surface area contributed by atoms with Crippen LogP contribution in [-0.2, 0) is 19.2 Å². The summed E-state index contributed by atoms with van der Waals surface area (Å²) in [6.07, 6.45) is -1.05. The molecule has 0 atom stereocenters. The molecule has 0 unspecified atom stereocenters. The van der Waals surface area contributed by atoms with Crippen molar-refractivity contribution in [2.24, 2.45) is 5.92 Å². The van der Waals surface area contributed by atoms with Crippen LogP contribution in [0.25, 0.3) is 0 Å². The van der Waals surface area contributed by atoms with E-state index < -0.39 is 22.0 Å². The number of hydrogen-bond donors (Lipinski definition) is 1. The number of amides is 1. The summed E-state index contributed by atoms with van der Waals surface area (Å²) in [4.78, 5) is 11.1. The third kappa shape index (κ3) is 8.49. The monoisotopic (exact) mass is 253 g/mol. The van der Waals surface area contributed by atoms with Crippen molar-refractivity contribution in [1.29, 1.82) is 0 Å². The lowest BCUT2D eigenvalue weighted by Gasteiger charge is -2.19. The summed E-state index contributed by atoms with van der Waals surface area (Å²) in [5, 5.41) is 0. The lowest BCUT2D eigenvalue weighted by molar-refractivity contribution is 0.0562. The fourth-order valence-corrected chi connectivity index (χ4v) is 1.41. The molecule has 0 spiro atoms. The number of nitrogens with one attached hydrogen (secondary N) is 1. The summed E-state index contributed by atoms with van der Waals surface area (Å²) < 4.78 is 33.4. The van der Waals surface area contributed by atoms with Crippen LogP contribution in [0.4, 0.5) is 4.79 Å². The normalized spacial score (nSPS) is 12.6. The van der Waals surface area contributed by atoms with E-state index in [-0.39, 0.29) is 12.5 Å². The van der Waals surface area contributed by atoms with Gasteiger partial charge in [0.25, 0.3) is 0 Å². The average molecular weight is 253 g/mol. The molecule has 6 nitrogen and oxygen atoms in total. The lowest BCUT2D eigenvalue weighted by atomic mass is 10.2. The first-order chi connectivity index (χ1) is 7.02. The van der Waals surface area contributed by atoms with Gasteiger partial charge >= 0.3 is 16.4 Å². The summed E-state index contributed by atoms with van der Waals surface area (Å²) in [5.74, 6) is 0.0511. The summed E-state index contributed by atoms with van der Waals surface area (Å²) >= 11 is 0. The predicted molar refractivity (Wildman–Crippen MR) is 59.1 cm³/mol. The Morgan fingerprint density at radius 1 is 1.31 bits per heavy atom. The molecule has 0 aliphatic rings. The quantitative estimate of drug-likeness (QED) is 0.819. The second kappa shape index (κ2) is 5.49. The molecule has 96 valence electrons. The molecule has 0 heterocycles. The van der Waals surface area contributed by atoms with Gasteiger partial charge in [-0.05, 0) is 26.7 Å². The summed E-state index contributed by atoms with van der Waals surface area (Å²) in [7, 11) is -4.07. The summed E-state index contributed by atoms with van der Waals surface area (Å²) in [6, 6.07) is 0. The Hall–Kier alpha value is -0.820. The second-order valence-electron chi connectivity index (χ2n) is 4.74. The molecule has 16 heavy (non-hydrogen) atoms. The highest BCUT2D eigenvalue weighted by atomic mass is 32.2. The molecule has 0 radical (unpaired) electrons. The molecule has 0 aromatic rings. The van der Waals surface area contributed by atoms with Gasteiger partial charge in [-0.15, -0.1) is 0 Å². The molecular weight excluding hydrogens is 234 g/mol. The molecule has 0 saturated heterocycles. The first-order valence-corrected chi connectivity index (χ1v) is 6.33. The van der Waals surface area contributed by atoms with Crippen LogP contribution < -0.4 is 4.72 Å². The molecule has 0 aliphatic carbocycles. The Labute approximate surface area is 96.6 Å². The van der Waals surface area contributed by atoms with E-state index in [2.05, 4.69) is 4.18 Å². The van der Waals surface area contributed by atoms with E-state index in [1.54, 1.807) is 39.3 Å². The zero-order valence-corrected chi connectivity index (χ0v) is 11.1. The number of ether oxygens (including phenoxy) is 1. The minimum Gasteiger partial charge on any atom is -0.443 e. The van der Waals surface area contributed by atoms with E-state index in [1.165, 1.54) is 0 Å². The third-order valence-corrected chi connectivity index (χ3v) is 2.03. The van der Waals surface area contributed by atoms with Crippen LogP contribution in [0.15, 0.2) is 0 Å². The molecule has 0 bridgehead atoms. The molecule has 7 heteroatoms. The SMILES string of the molecule is CC(C)COS(=O)(=O)NC(=O)OC(C)(C)C. The van der Waals surface area contributed by atoms with Gasteiger partial charge < -0.3 is 4.74 Å². The molecule has 0 aromatic heterocycles. The highest BCUT2D eigenvalue weighted by Gasteiger charge is 2.21. The van der Waals surface area contributed by atoms with Crippen molar-refractivity contribution in [3.63, 3.8) is 0 Å². The minimum atomic E-state index is -4.07. The molecule has 0 aliphatic heterocycles. The fraction of sp³-hybridized carbons (Fsp3) is 0.889. The summed E-state index contributed by atoms with van der Waals surface area (Å²) in [5.41, 5.74) is -0.752. The van der Waals surface area contributed by atoms with E-state index in [0.29, 0.717) is 0 Å². The van der Waals surface area contributed by atoms with Crippen LogP contribution in [0, 0.1) is 5.92 Å². The highest BCUT2D eigenvalue weighted by Crippen LogP contribution is 2.07. The lowest BCUT2D eigenvalue weighted by Crippen LogP contribution is -2.37. The first-order valence-electron chi connectivity index (χ1n) is 4.92. The largest absolute Gasteiger partial charge is 0.443 e. The van der Waals surface area contributed by atoms with Crippen molar-refractivity contribution in [2.75, 3.05) is 6.61 Å². The van der Waals surface area contributed by atoms with Gasteiger partial charge in [-0.1, -0.05) is 13.8 Å². The average Bonchev–Trinajstić information content (AvgIpc) is 1.95. The molecule has 0 saturated carbocycles. The molecular formula is C9H19NO5S. The Bertz CT molecular complexity index is 328. The molecule has 1 N–H and O–H groups in total. The Balaban J connectivity index is 4.22. The fourth-order valence-electron chi connectivity index (χ4n) is 0.656. The maximum atomic E-state index is 11.2. The zero-order valence-electron chi connectivity index (χ0n) is 10.2. The Morgan fingerprint density at radius 3 is 2.19 bits per heavy atom. The third-order valence-electron chi connectivity index (χ3n) is 1.16. The molecule has 0 aromatic carbocycles. The van der Waals surface area contributed by atoms with Gasteiger partial charge in [0.2, 0.25) is 0 Å². The number of carbonyl (C=O) groups is 1. The van der Waals surface area contributed by atoms with Crippen LogP contribution >= 0.6 is 0 Å². The van der Waals surface area contributed by atoms with Crippen LogP contribution in [0.2, 0.25) is 0 Å². The van der Waals surface area contributed by atoms with Crippen molar-refractivity contribution in [3.8, 4) is 0 Å². The Morgan fingerprint density at radius 2 is 1.81 bits per heavy atom. The van der Waals surface area contributed by atoms with E-state index in [9.17, 15) is 13.2 Å². The van der Waals surface area contributed by atoms with Gasteiger partial charge in [0.05, 0.1) is 6.61 Å². The van der Waals surface area contributed by atoms with Crippen LogP contribution in [-0.4, -0.2) is 26.7 Å². The highest BCUT2D eigenvalue weighted by molar-refractivity contribution is 7.85. The van der Waals surface area contributed by atoms with Crippen LogP contribution in [0.3, 0.4) is 0 Å². The van der Waals surface area contributed by atoms with E-state index in [1.807, 2.05) is 0 Å². The number of rotatable bonds is 4. The van der Waals surface area contributed by atoms with E-state index >= 15 is 0 Å². The first kappa shape index (κ1) is 15.2. The van der Waals surface area contributed by atoms with Crippen molar-refractivity contribution in [1.82, 2.24) is 4.72 Å². The molecule has 0 fully saturated rings. The van der Waals surface area contributed by atoms with Crippen molar-refractivity contribution in [2.45, 2.75) is 40.2 Å². The van der Waals surface area contributed by atoms with Crippen molar-refractivity contribution >= 4 is 16.4 Å². The number of hydrogen-bond acceptors (Lipinski definition) is 5. The van der Waals surface area contributed by atoms with Gasteiger partial charge in [0.1, 0.15) is 5.60 Å². The standard InChI is InChI=1S/C9H19NO5S/c1-7(2)6-14-16(12,13)10-8(11)15-9(3,4)5/h7H,6H2,1-5H3,(H,10,11). The van der Waals surface area contributed by atoms with Gasteiger partial charge in [-0.2, -0.15) is 13.1 Å². The van der Waals surface area contributed by atoms with Gasteiger partial charge in [-0.25, -0.2) is 4.79 Å². The van der Waals surface area contributed by atoms with Gasteiger partial charge in [0, 0.05) is 0 Å². The maximum absolute atomic E-state index is 11.2. The predicted octanol–water partition coefficient (Wildman–Crippen LogP) is 1.43. The van der Waals surface area contributed by atoms with Crippen molar-refractivity contribution in [3.05, 3.63) is 0 Å². The topological polar surface area (TPSA) is 81.7 Å². The number of carbonyl (C=O) groups excluding carboxylic acids is 1.